The number of fused-ring (bicyclic) bond motifs is 1. The Morgan fingerprint density at radius 1 is 1.53 bits per heavy atom. The molecule has 2 aliphatic rings. The predicted molar refractivity (Wildman–Crippen MR) is 69.4 cm³/mol. The molecule has 1 aromatic rings. The number of hydrogen-bond donors (Lipinski definition) is 1. The van der Waals surface area contributed by atoms with E-state index in [4.69, 9.17) is 16.3 Å². The first kappa shape index (κ1) is 10.7. The Kier molecular flexibility index (Phi) is 2.59. The number of halogens is 1. The third-order valence-corrected chi connectivity index (χ3v) is 3.28. The number of benzene rings is 1. The normalized spacial score (nSPS) is 22.6. The van der Waals surface area contributed by atoms with Gasteiger partial charge in [-0.15, -0.1) is 0 Å². The van der Waals surface area contributed by atoms with E-state index in [1.165, 1.54) is 0 Å². The summed E-state index contributed by atoms with van der Waals surface area (Å²) in [6, 6.07) is 5.72. The zero-order valence-electron chi connectivity index (χ0n) is 9.61. The van der Waals surface area contributed by atoms with Crippen molar-refractivity contribution in [1.82, 2.24) is 5.32 Å². The van der Waals surface area contributed by atoms with Crippen molar-refractivity contribution >= 4 is 23.1 Å². The van der Waals surface area contributed by atoms with Crippen LogP contribution in [0, 0.1) is 0 Å². The molecule has 4 nitrogen and oxygen atoms in total. The van der Waals surface area contributed by atoms with Gasteiger partial charge in [-0.05, 0) is 12.1 Å². The fourth-order valence-corrected chi connectivity index (χ4v) is 2.37. The van der Waals surface area contributed by atoms with E-state index in [-0.39, 0.29) is 6.10 Å². The van der Waals surface area contributed by atoms with Crippen LogP contribution in [0.2, 0.25) is 5.02 Å². The largest absolute Gasteiger partial charge is 0.478 e. The molecule has 0 bridgehead atoms. The monoisotopic (exact) mass is 251 g/mol. The van der Waals surface area contributed by atoms with Crippen LogP contribution in [0.15, 0.2) is 23.2 Å². The minimum absolute atomic E-state index is 0.0199. The number of hydrogen-bond acceptors (Lipinski definition) is 4. The molecule has 0 aromatic heterocycles. The first-order valence-corrected chi connectivity index (χ1v) is 6.07. The molecule has 5 heteroatoms. The van der Waals surface area contributed by atoms with Crippen molar-refractivity contribution < 1.29 is 4.74 Å². The minimum atomic E-state index is -0.0199. The van der Waals surface area contributed by atoms with E-state index >= 15 is 0 Å². The molecule has 3 rings (SSSR count). The summed E-state index contributed by atoms with van der Waals surface area (Å²) >= 11 is 5.99. The van der Waals surface area contributed by atoms with Crippen molar-refractivity contribution in [3.63, 3.8) is 0 Å². The summed E-state index contributed by atoms with van der Waals surface area (Å²) in [7, 11) is 2.05. The van der Waals surface area contributed by atoms with Gasteiger partial charge in [0, 0.05) is 24.7 Å². The van der Waals surface area contributed by atoms with Gasteiger partial charge < -0.3 is 15.0 Å². The molecule has 0 fully saturated rings. The topological polar surface area (TPSA) is 36.9 Å². The van der Waals surface area contributed by atoms with Crippen LogP contribution >= 0.6 is 11.6 Å². The van der Waals surface area contributed by atoms with E-state index in [0.29, 0.717) is 5.02 Å². The lowest BCUT2D eigenvalue weighted by Gasteiger charge is -2.33. The van der Waals surface area contributed by atoms with Gasteiger partial charge in [-0.1, -0.05) is 11.6 Å². The number of nitrogens with zero attached hydrogens (tertiary/aromatic N) is 2. The van der Waals surface area contributed by atoms with Crippen molar-refractivity contribution in [3.8, 4) is 5.75 Å². The van der Waals surface area contributed by atoms with Crippen LogP contribution in [-0.4, -0.2) is 38.6 Å². The van der Waals surface area contributed by atoms with E-state index in [0.717, 1.165) is 36.9 Å². The quantitative estimate of drug-likeness (QED) is 0.823. The van der Waals surface area contributed by atoms with E-state index in [2.05, 4.69) is 22.3 Å². The number of rotatable bonds is 1. The molecule has 1 atom stereocenters. The van der Waals surface area contributed by atoms with Gasteiger partial charge in [0.2, 0.25) is 0 Å². The van der Waals surface area contributed by atoms with Gasteiger partial charge in [0.25, 0.3) is 0 Å². The number of ether oxygens (including phenoxy) is 1. The fourth-order valence-electron chi connectivity index (χ4n) is 2.21. The summed E-state index contributed by atoms with van der Waals surface area (Å²) in [5.74, 6) is 1.77. The Morgan fingerprint density at radius 3 is 3.18 bits per heavy atom. The summed E-state index contributed by atoms with van der Waals surface area (Å²) in [5.41, 5.74) is 1.07. The molecule has 2 aliphatic heterocycles. The Bertz CT molecular complexity index is 475. The lowest BCUT2D eigenvalue weighted by Crippen LogP contribution is -2.46. The Hall–Kier alpha value is -1.42. The van der Waals surface area contributed by atoms with Crippen LogP contribution in [0.4, 0.5) is 5.69 Å². The number of likely N-dealkylation sites (N-methyl/N-ethyl adjacent to an activating group) is 1. The second kappa shape index (κ2) is 4.11. The van der Waals surface area contributed by atoms with Crippen LogP contribution in [0.25, 0.3) is 0 Å². The highest BCUT2D eigenvalue weighted by Crippen LogP contribution is 2.34. The Morgan fingerprint density at radius 2 is 2.41 bits per heavy atom. The minimum Gasteiger partial charge on any atom is -0.478 e. The van der Waals surface area contributed by atoms with Gasteiger partial charge >= 0.3 is 0 Å². The second-order valence-corrected chi connectivity index (χ2v) is 4.73. The Balaban J connectivity index is 1.91. The first-order valence-electron chi connectivity index (χ1n) is 5.69. The van der Waals surface area contributed by atoms with Crippen molar-refractivity contribution in [2.75, 3.05) is 31.6 Å². The van der Waals surface area contributed by atoms with E-state index in [9.17, 15) is 0 Å². The lowest BCUT2D eigenvalue weighted by atomic mass is 10.2. The highest BCUT2D eigenvalue weighted by molar-refractivity contribution is 6.30. The first-order chi connectivity index (χ1) is 8.24. The SMILES string of the molecule is CN1CC(C2=NCCN2)Oc2cc(Cl)ccc21. The smallest absolute Gasteiger partial charge is 0.173 e. The van der Waals surface area contributed by atoms with E-state index in [1.54, 1.807) is 0 Å². The average molecular weight is 252 g/mol. The van der Waals surface area contributed by atoms with Crippen molar-refractivity contribution in [1.29, 1.82) is 0 Å². The zero-order valence-corrected chi connectivity index (χ0v) is 10.4. The third-order valence-electron chi connectivity index (χ3n) is 3.05. The summed E-state index contributed by atoms with van der Waals surface area (Å²) < 4.78 is 5.95. The van der Waals surface area contributed by atoms with E-state index in [1.807, 2.05) is 18.2 Å². The molecule has 17 heavy (non-hydrogen) atoms. The average Bonchev–Trinajstić information content (AvgIpc) is 2.81. The maximum atomic E-state index is 5.99. The third kappa shape index (κ3) is 1.93. The van der Waals surface area contributed by atoms with Crippen LogP contribution in [0.5, 0.6) is 5.75 Å². The molecule has 90 valence electrons. The van der Waals surface area contributed by atoms with Crippen molar-refractivity contribution in [3.05, 3.63) is 23.2 Å². The molecule has 2 heterocycles. The van der Waals surface area contributed by atoms with Crippen LogP contribution < -0.4 is 15.0 Å². The molecule has 0 saturated carbocycles. The number of anilines is 1. The van der Waals surface area contributed by atoms with Gasteiger partial charge in [-0.25, -0.2) is 0 Å². The highest BCUT2D eigenvalue weighted by atomic mass is 35.5. The van der Waals surface area contributed by atoms with Gasteiger partial charge in [0.15, 0.2) is 6.10 Å². The van der Waals surface area contributed by atoms with Gasteiger partial charge in [-0.3, -0.25) is 4.99 Å². The lowest BCUT2D eigenvalue weighted by molar-refractivity contribution is 0.256. The maximum absolute atomic E-state index is 5.99. The summed E-state index contributed by atoms with van der Waals surface area (Å²) in [5, 5.41) is 3.95. The van der Waals surface area contributed by atoms with Crippen LogP contribution in [0.3, 0.4) is 0 Å². The molecule has 0 aliphatic carbocycles. The van der Waals surface area contributed by atoms with Crippen LogP contribution in [-0.2, 0) is 0 Å². The Labute approximate surface area is 105 Å². The predicted octanol–water partition coefficient (Wildman–Crippen LogP) is 1.54. The molecule has 1 aromatic carbocycles. The zero-order chi connectivity index (χ0) is 11.8. The number of nitrogens with one attached hydrogen (secondary N) is 1. The van der Waals surface area contributed by atoms with Crippen molar-refractivity contribution in [2.24, 2.45) is 4.99 Å². The fraction of sp³-hybridized carbons (Fsp3) is 0.417. The molecular formula is C12H14ClN3O. The highest BCUT2D eigenvalue weighted by Gasteiger charge is 2.28. The number of aliphatic imine (C=N–C) groups is 1. The molecule has 1 N–H and O–H groups in total. The molecule has 1 unspecified atom stereocenters. The summed E-state index contributed by atoms with van der Waals surface area (Å²) in [4.78, 5) is 6.58. The van der Waals surface area contributed by atoms with Gasteiger partial charge in [-0.2, -0.15) is 0 Å². The summed E-state index contributed by atoms with van der Waals surface area (Å²) in [6.45, 7) is 2.54. The second-order valence-electron chi connectivity index (χ2n) is 4.29. The standard InChI is InChI=1S/C12H14ClN3O/c1-16-7-11(12-14-4-5-15-12)17-10-6-8(13)2-3-9(10)16/h2-3,6,11H,4-5,7H2,1H3,(H,14,15). The number of amidine groups is 1. The molecule has 0 radical (unpaired) electrons. The van der Waals surface area contributed by atoms with Gasteiger partial charge in [0.05, 0.1) is 18.8 Å². The van der Waals surface area contributed by atoms with E-state index < -0.39 is 0 Å². The molecular weight excluding hydrogens is 238 g/mol. The molecule has 0 saturated heterocycles. The molecule has 0 amide bonds. The van der Waals surface area contributed by atoms with Crippen LogP contribution in [0.1, 0.15) is 0 Å². The molecule has 0 spiro atoms. The van der Waals surface area contributed by atoms with Gasteiger partial charge in [0.1, 0.15) is 11.6 Å². The summed E-state index contributed by atoms with van der Waals surface area (Å²) in [6.07, 6.45) is -0.0199. The van der Waals surface area contributed by atoms with Crippen molar-refractivity contribution in [2.45, 2.75) is 6.10 Å². The maximum Gasteiger partial charge on any atom is 0.173 e.